The second kappa shape index (κ2) is 6.38. The normalized spacial score (nSPS) is 16.3. The van der Waals surface area contributed by atoms with Crippen molar-refractivity contribution < 1.29 is 9.84 Å². The lowest BCUT2D eigenvalue weighted by Gasteiger charge is -2.32. The number of methoxy groups -OCH3 is 1. The molecule has 0 aliphatic heterocycles. The third-order valence-electron chi connectivity index (χ3n) is 2.72. The summed E-state index contributed by atoms with van der Waals surface area (Å²) in [4.78, 5) is 2.15. The van der Waals surface area contributed by atoms with E-state index >= 15 is 0 Å². The maximum absolute atomic E-state index is 10.0. The van der Waals surface area contributed by atoms with Crippen molar-refractivity contribution in [3.8, 4) is 0 Å². The molecule has 3 heteroatoms. The summed E-state index contributed by atoms with van der Waals surface area (Å²) in [7, 11) is 3.75. The summed E-state index contributed by atoms with van der Waals surface area (Å²) >= 11 is 0. The first kappa shape index (κ1) is 13.9. The standard InChI is InChI=1S/C11H25NO2/c1-10(2)11(3,13)9-12(4)7-6-8-14-5/h10,13H,6-9H2,1-5H3. The van der Waals surface area contributed by atoms with Gasteiger partial charge in [-0.15, -0.1) is 0 Å². The average molecular weight is 203 g/mol. The molecule has 0 amide bonds. The zero-order chi connectivity index (χ0) is 11.2. The van der Waals surface area contributed by atoms with Crippen LogP contribution in [0.25, 0.3) is 0 Å². The van der Waals surface area contributed by atoms with Crippen LogP contribution in [0.3, 0.4) is 0 Å². The lowest BCUT2D eigenvalue weighted by atomic mass is 9.92. The monoisotopic (exact) mass is 203 g/mol. The fourth-order valence-corrected chi connectivity index (χ4v) is 1.29. The highest BCUT2D eigenvalue weighted by Crippen LogP contribution is 2.16. The second-order valence-electron chi connectivity index (χ2n) is 4.60. The van der Waals surface area contributed by atoms with Crippen molar-refractivity contribution in [3.63, 3.8) is 0 Å². The summed E-state index contributed by atoms with van der Waals surface area (Å²) in [5, 5.41) is 10.0. The summed E-state index contributed by atoms with van der Waals surface area (Å²) in [6.45, 7) is 8.45. The van der Waals surface area contributed by atoms with Crippen LogP contribution in [-0.2, 0) is 4.74 Å². The van der Waals surface area contributed by atoms with Crippen LogP contribution in [0.4, 0.5) is 0 Å². The van der Waals surface area contributed by atoms with Gasteiger partial charge < -0.3 is 14.7 Å². The van der Waals surface area contributed by atoms with Gasteiger partial charge in [-0.25, -0.2) is 0 Å². The predicted octanol–water partition coefficient (Wildman–Crippen LogP) is 1.36. The molecule has 1 unspecified atom stereocenters. The number of rotatable bonds is 7. The molecule has 0 aromatic rings. The minimum absolute atomic E-state index is 0.285. The second-order valence-corrected chi connectivity index (χ2v) is 4.60. The fraction of sp³-hybridized carbons (Fsp3) is 1.00. The SMILES string of the molecule is COCCCN(C)CC(C)(O)C(C)C. The van der Waals surface area contributed by atoms with E-state index in [0.717, 1.165) is 19.6 Å². The number of ether oxygens (including phenoxy) is 1. The summed E-state index contributed by atoms with van der Waals surface area (Å²) in [6, 6.07) is 0. The summed E-state index contributed by atoms with van der Waals surface area (Å²) in [6.07, 6.45) is 1.02. The van der Waals surface area contributed by atoms with Crippen molar-refractivity contribution in [2.24, 2.45) is 5.92 Å². The van der Waals surface area contributed by atoms with Crippen molar-refractivity contribution >= 4 is 0 Å². The van der Waals surface area contributed by atoms with Crippen molar-refractivity contribution in [3.05, 3.63) is 0 Å². The third-order valence-corrected chi connectivity index (χ3v) is 2.72. The van der Waals surface area contributed by atoms with Gasteiger partial charge in [0.2, 0.25) is 0 Å². The molecule has 0 aromatic carbocycles. The number of likely N-dealkylation sites (N-methyl/N-ethyl adjacent to an activating group) is 1. The Morgan fingerprint density at radius 2 is 2.00 bits per heavy atom. The molecule has 0 aliphatic carbocycles. The average Bonchev–Trinajstić information content (AvgIpc) is 2.03. The first-order valence-corrected chi connectivity index (χ1v) is 5.30. The zero-order valence-corrected chi connectivity index (χ0v) is 10.2. The lowest BCUT2D eigenvalue weighted by molar-refractivity contribution is -0.0141. The molecule has 0 fully saturated rings. The maximum atomic E-state index is 10.0. The molecule has 0 bridgehead atoms. The largest absolute Gasteiger partial charge is 0.389 e. The van der Waals surface area contributed by atoms with Gasteiger partial charge in [0.25, 0.3) is 0 Å². The Balaban J connectivity index is 3.75. The van der Waals surface area contributed by atoms with Crippen molar-refractivity contribution in [2.45, 2.75) is 32.8 Å². The quantitative estimate of drug-likeness (QED) is 0.634. The molecular weight excluding hydrogens is 178 g/mol. The molecule has 3 nitrogen and oxygen atoms in total. The molecule has 14 heavy (non-hydrogen) atoms. The van der Waals surface area contributed by atoms with Crippen LogP contribution in [0.1, 0.15) is 27.2 Å². The summed E-state index contributed by atoms with van der Waals surface area (Å²) in [5.74, 6) is 0.285. The molecule has 0 heterocycles. The molecule has 0 aliphatic rings. The first-order chi connectivity index (χ1) is 6.40. The van der Waals surface area contributed by atoms with Crippen LogP contribution in [-0.4, -0.2) is 49.5 Å². The van der Waals surface area contributed by atoms with Crippen LogP contribution < -0.4 is 0 Å². The molecule has 0 aromatic heterocycles. The van der Waals surface area contributed by atoms with Gasteiger partial charge in [-0.1, -0.05) is 13.8 Å². The van der Waals surface area contributed by atoms with E-state index in [-0.39, 0.29) is 5.92 Å². The summed E-state index contributed by atoms with van der Waals surface area (Å²) < 4.78 is 4.98. The molecular formula is C11H25NO2. The number of nitrogens with zero attached hydrogens (tertiary/aromatic N) is 1. The van der Waals surface area contributed by atoms with Gasteiger partial charge >= 0.3 is 0 Å². The topological polar surface area (TPSA) is 32.7 Å². The van der Waals surface area contributed by atoms with E-state index in [0.29, 0.717) is 6.54 Å². The predicted molar refractivity (Wildman–Crippen MR) is 59.5 cm³/mol. The van der Waals surface area contributed by atoms with Gasteiger partial charge in [0.15, 0.2) is 0 Å². The van der Waals surface area contributed by atoms with Crippen molar-refractivity contribution in [1.29, 1.82) is 0 Å². The van der Waals surface area contributed by atoms with Crippen LogP contribution in [0.15, 0.2) is 0 Å². The molecule has 0 saturated heterocycles. The van der Waals surface area contributed by atoms with Gasteiger partial charge in [-0.2, -0.15) is 0 Å². The van der Waals surface area contributed by atoms with Gasteiger partial charge in [0.1, 0.15) is 0 Å². The van der Waals surface area contributed by atoms with Crippen LogP contribution in [0, 0.1) is 5.92 Å². The Bertz CT molecular complexity index is 146. The molecule has 1 atom stereocenters. The van der Waals surface area contributed by atoms with E-state index in [2.05, 4.69) is 4.90 Å². The van der Waals surface area contributed by atoms with E-state index in [1.54, 1.807) is 7.11 Å². The van der Waals surface area contributed by atoms with E-state index < -0.39 is 5.60 Å². The highest BCUT2D eigenvalue weighted by atomic mass is 16.5. The summed E-state index contributed by atoms with van der Waals surface area (Å²) in [5.41, 5.74) is -0.595. The van der Waals surface area contributed by atoms with Gasteiger partial charge in [-0.05, 0) is 26.3 Å². The molecule has 0 spiro atoms. The molecule has 1 N–H and O–H groups in total. The van der Waals surface area contributed by atoms with Crippen LogP contribution >= 0.6 is 0 Å². The highest BCUT2D eigenvalue weighted by molar-refractivity contribution is 4.79. The Kier molecular flexibility index (Phi) is 6.33. The Morgan fingerprint density at radius 1 is 1.43 bits per heavy atom. The number of hydrogen-bond acceptors (Lipinski definition) is 3. The molecule has 86 valence electrons. The van der Waals surface area contributed by atoms with Gasteiger partial charge in [0, 0.05) is 26.8 Å². The molecule has 0 radical (unpaired) electrons. The van der Waals surface area contributed by atoms with Crippen molar-refractivity contribution in [1.82, 2.24) is 4.90 Å². The maximum Gasteiger partial charge on any atom is 0.0768 e. The minimum Gasteiger partial charge on any atom is -0.389 e. The van der Waals surface area contributed by atoms with E-state index in [1.807, 2.05) is 27.8 Å². The minimum atomic E-state index is -0.595. The van der Waals surface area contributed by atoms with Gasteiger partial charge in [-0.3, -0.25) is 0 Å². The van der Waals surface area contributed by atoms with E-state index in [4.69, 9.17) is 4.74 Å². The van der Waals surface area contributed by atoms with Crippen LogP contribution in [0.2, 0.25) is 0 Å². The molecule has 0 saturated carbocycles. The van der Waals surface area contributed by atoms with E-state index in [1.165, 1.54) is 0 Å². The lowest BCUT2D eigenvalue weighted by Crippen LogP contribution is -2.43. The Morgan fingerprint density at radius 3 is 2.43 bits per heavy atom. The molecule has 0 rings (SSSR count). The smallest absolute Gasteiger partial charge is 0.0768 e. The number of hydrogen-bond donors (Lipinski definition) is 1. The fourth-order valence-electron chi connectivity index (χ4n) is 1.29. The van der Waals surface area contributed by atoms with Crippen LogP contribution in [0.5, 0.6) is 0 Å². The third kappa shape index (κ3) is 5.58. The Hall–Kier alpha value is -0.120. The van der Waals surface area contributed by atoms with Gasteiger partial charge in [0.05, 0.1) is 5.60 Å². The number of aliphatic hydroxyl groups is 1. The van der Waals surface area contributed by atoms with Crippen molar-refractivity contribution in [2.75, 3.05) is 33.9 Å². The zero-order valence-electron chi connectivity index (χ0n) is 10.2. The highest BCUT2D eigenvalue weighted by Gasteiger charge is 2.25. The van der Waals surface area contributed by atoms with E-state index in [9.17, 15) is 5.11 Å². The Labute approximate surface area is 88.1 Å². The first-order valence-electron chi connectivity index (χ1n) is 5.30.